The van der Waals surface area contributed by atoms with E-state index in [0.29, 0.717) is 5.56 Å². The van der Waals surface area contributed by atoms with Crippen molar-refractivity contribution in [2.24, 2.45) is 0 Å². The Labute approximate surface area is 102 Å². The lowest BCUT2D eigenvalue weighted by Crippen LogP contribution is -1.90. The Morgan fingerprint density at radius 1 is 1.57 bits per heavy atom. The van der Waals surface area contributed by atoms with Gasteiger partial charge in [-0.25, -0.2) is 9.18 Å². The van der Waals surface area contributed by atoms with E-state index in [0.717, 1.165) is 9.65 Å². The first kappa shape index (κ1) is 11.6. The van der Waals surface area contributed by atoms with Crippen molar-refractivity contribution in [1.82, 2.24) is 0 Å². The minimum absolute atomic E-state index is 0.280. The second kappa shape index (κ2) is 4.88. The van der Waals surface area contributed by atoms with Crippen molar-refractivity contribution >= 4 is 50.6 Å². The maximum atomic E-state index is 13.1. The van der Waals surface area contributed by atoms with Gasteiger partial charge in [0, 0.05) is 15.2 Å². The zero-order valence-electron chi connectivity index (χ0n) is 6.80. The van der Waals surface area contributed by atoms with E-state index in [1.54, 1.807) is 6.07 Å². The van der Waals surface area contributed by atoms with E-state index in [4.69, 9.17) is 5.11 Å². The smallest absolute Gasteiger partial charge is 0.328 e. The third kappa shape index (κ3) is 2.78. The third-order valence-electron chi connectivity index (χ3n) is 1.47. The summed E-state index contributed by atoms with van der Waals surface area (Å²) in [5.41, 5.74) is 0.535. The van der Waals surface area contributed by atoms with E-state index in [1.165, 1.54) is 12.1 Å². The number of rotatable bonds is 2. The molecular weight excluding hydrogens is 366 g/mol. The minimum atomic E-state index is -1.06. The molecular formula is C9H5BrFIO2. The summed E-state index contributed by atoms with van der Waals surface area (Å²) < 4.78 is 14.1. The van der Waals surface area contributed by atoms with Crippen LogP contribution in [0.4, 0.5) is 4.39 Å². The predicted octanol–water partition coefficient (Wildman–Crippen LogP) is 3.29. The molecule has 0 atom stereocenters. The number of hydrogen-bond donors (Lipinski definition) is 1. The lowest BCUT2D eigenvalue weighted by molar-refractivity contribution is -0.131. The van der Waals surface area contributed by atoms with Crippen LogP contribution in [-0.4, -0.2) is 11.1 Å². The van der Waals surface area contributed by atoms with E-state index < -0.39 is 11.8 Å². The molecule has 0 amide bonds. The van der Waals surface area contributed by atoms with Crippen LogP contribution in [0.5, 0.6) is 0 Å². The maximum absolute atomic E-state index is 13.1. The normalized spacial score (nSPS) is 10.8. The quantitative estimate of drug-likeness (QED) is 0.492. The highest BCUT2D eigenvalue weighted by Gasteiger charge is 2.07. The Bertz CT molecular complexity index is 404. The fraction of sp³-hybridized carbons (Fsp3) is 0. The molecule has 0 radical (unpaired) electrons. The number of carboxylic acid groups (broad SMARTS) is 1. The van der Waals surface area contributed by atoms with Crippen LogP contribution in [0.15, 0.2) is 22.7 Å². The van der Waals surface area contributed by atoms with Crippen LogP contribution in [0.2, 0.25) is 0 Å². The van der Waals surface area contributed by atoms with Gasteiger partial charge in [-0.2, -0.15) is 0 Å². The number of halogens is 3. The van der Waals surface area contributed by atoms with Crippen LogP contribution < -0.4 is 0 Å². The Balaban J connectivity index is 3.19. The van der Waals surface area contributed by atoms with Crippen molar-refractivity contribution in [1.29, 1.82) is 0 Å². The van der Waals surface area contributed by atoms with Crippen molar-refractivity contribution in [3.63, 3.8) is 0 Å². The fourth-order valence-electron chi connectivity index (χ4n) is 0.850. The number of benzene rings is 1. The van der Waals surface area contributed by atoms with Crippen molar-refractivity contribution in [2.45, 2.75) is 0 Å². The minimum Gasteiger partial charge on any atom is -0.478 e. The monoisotopic (exact) mass is 370 g/mol. The Hall–Kier alpha value is -0.430. The SMILES string of the molecule is O=C(O)/C=C/c1c(I)ccc(F)c1Br. The van der Waals surface area contributed by atoms with Crippen molar-refractivity contribution in [2.75, 3.05) is 0 Å². The molecule has 0 bridgehead atoms. The summed E-state index contributed by atoms with van der Waals surface area (Å²) in [6.07, 6.45) is 2.33. The summed E-state index contributed by atoms with van der Waals surface area (Å²) in [5.74, 6) is -1.47. The molecule has 0 aliphatic rings. The topological polar surface area (TPSA) is 37.3 Å². The van der Waals surface area contributed by atoms with Gasteiger partial charge in [-0.15, -0.1) is 0 Å². The molecule has 74 valence electrons. The number of carboxylic acids is 1. The second-order valence-corrected chi connectivity index (χ2v) is 4.38. The number of aliphatic carboxylic acids is 1. The second-order valence-electron chi connectivity index (χ2n) is 2.43. The van der Waals surface area contributed by atoms with Gasteiger partial charge in [-0.05, 0) is 56.7 Å². The van der Waals surface area contributed by atoms with Crippen molar-refractivity contribution in [3.05, 3.63) is 37.6 Å². The van der Waals surface area contributed by atoms with Gasteiger partial charge in [0.15, 0.2) is 0 Å². The van der Waals surface area contributed by atoms with Crippen LogP contribution in [-0.2, 0) is 4.79 Å². The van der Waals surface area contributed by atoms with Gasteiger partial charge in [0.1, 0.15) is 5.82 Å². The summed E-state index contributed by atoms with van der Waals surface area (Å²) in [7, 11) is 0. The molecule has 5 heteroatoms. The van der Waals surface area contributed by atoms with Crippen LogP contribution in [0.25, 0.3) is 6.08 Å². The first-order valence-corrected chi connectivity index (χ1v) is 5.44. The molecule has 0 aliphatic carbocycles. The zero-order valence-corrected chi connectivity index (χ0v) is 10.5. The molecule has 14 heavy (non-hydrogen) atoms. The van der Waals surface area contributed by atoms with E-state index in [-0.39, 0.29) is 4.47 Å². The highest BCUT2D eigenvalue weighted by atomic mass is 127. The van der Waals surface area contributed by atoms with Crippen molar-refractivity contribution in [3.8, 4) is 0 Å². The van der Waals surface area contributed by atoms with Gasteiger partial charge in [0.05, 0.1) is 4.47 Å². The molecule has 1 aromatic carbocycles. The summed E-state index contributed by atoms with van der Waals surface area (Å²) in [4.78, 5) is 10.3. The predicted molar refractivity (Wildman–Crippen MR) is 63.5 cm³/mol. The van der Waals surface area contributed by atoms with Gasteiger partial charge in [-0.3, -0.25) is 0 Å². The van der Waals surface area contributed by atoms with Crippen LogP contribution in [0.3, 0.4) is 0 Å². The molecule has 0 aliphatic heterocycles. The Morgan fingerprint density at radius 3 is 2.79 bits per heavy atom. The maximum Gasteiger partial charge on any atom is 0.328 e. The van der Waals surface area contributed by atoms with Gasteiger partial charge in [-0.1, -0.05) is 0 Å². The molecule has 0 saturated heterocycles. The molecule has 0 heterocycles. The summed E-state index contributed by atoms with van der Waals surface area (Å²) >= 11 is 5.07. The van der Waals surface area contributed by atoms with Crippen LogP contribution in [0, 0.1) is 9.39 Å². The van der Waals surface area contributed by atoms with Crippen LogP contribution in [0.1, 0.15) is 5.56 Å². The first-order valence-electron chi connectivity index (χ1n) is 3.57. The summed E-state index contributed by atoms with van der Waals surface area (Å²) in [6.45, 7) is 0. The van der Waals surface area contributed by atoms with Gasteiger partial charge in [0.25, 0.3) is 0 Å². The zero-order chi connectivity index (χ0) is 10.7. The molecule has 0 aromatic heterocycles. The highest BCUT2D eigenvalue weighted by molar-refractivity contribution is 14.1. The van der Waals surface area contributed by atoms with Gasteiger partial charge < -0.3 is 5.11 Å². The highest BCUT2D eigenvalue weighted by Crippen LogP contribution is 2.26. The van der Waals surface area contributed by atoms with Gasteiger partial charge in [0.2, 0.25) is 0 Å². The van der Waals surface area contributed by atoms with Gasteiger partial charge >= 0.3 is 5.97 Å². The van der Waals surface area contributed by atoms with E-state index >= 15 is 0 Å². The van der Waals surface area contributed by atoms with E-state index in [2.05, 4.69) is 15.9 Å². The lowest BCUT2D eigenvalue weighted by Gasteiger charge is -2.02. The van der Waals surface area contributed by atoms with Crippen LogP contribution >= 0.6 is 38.5 Å². The van der Waals surface area contributed by atoms with Crippen molar-refractivity contribution < 1.29 is 14.3 Å². The molecule has 0 saturated carbocycles. The lowest BCUT2D eigenvalue weighted by atomic mass is 10.2. The van der Waals surface area contributed by atoms with E-state index in [1.807, 2.05) is 22.6 Å². The molecule has 0 unspecified atom stereocenters. The summed E-state index contributed by atoms with van der Waals surface area (Å²) in [6, 6.07) is 2.91. The third-order valence-corrected chi connectivity index (χ3v) is 3.22. The largest absolute Gasteiger partial charge is 0.478 e. The molecule has 0 spiro atoms. The molecule has 1 aromatic rings. The molecule has 1 rings (SSSR count). The molecule has 2 nitrogen and oxygen atoms in total. The number of hydrogen-bond acceptors (Lipinski definition) is 1. The number of carbonyl (C=O) groups is 1. The average molecular weight is 371 g/mol. The molecule has 1 N–H and O–H groups in total. The fourth-order valence-corrected chi connectivity index (χ4v) is 2.33. The summed E-state index contributed by atoms with van der Waals surface area (Å²) in [5, 5.41) is 8.43. The average Bonchev–Trinajstić information content (AvgIpc) is 2.11. The Morgan fingerprint density at radius 2 is 2.21 bits per heavy atom. The standard InChI is InChI=1S/C9H5BrFIO2/c10-9-5(1-4-8(13)14)7(12)3-2-6(9)11/h1-4H,(H,13,14)/b4-1+. The Kier molecular flexibility index (Phi) is 4.06. The molecule has 0 fully saturated rings. The van der Waals surface area contributed by atoms with E-state index in [9.17, 15) is 9.18 Å². The first-order chi connectivity index (χ1) is 6.52.